The van der Waals surface area contributed by atoms with Crippen LogP contribution in [0.3, 0.4) is 0 Å². The second-order valence-electron chi connectivity index (χ2n) is 4.75. The van der Waals surface area contributed by atoms with Crippen molar-refractivity contribution < 1.29 is 4.42 Å². The van der Waals surface area contributed by atoms with E-state index in [1.54, 1.807) is 6.26 Å². The minimum atomic E-state index is 0.138. The molecule has 1 rings (SSSR count). The maximum absolute atomic E-state index is 6.20. The normalized spacial score (nSPS) is 15.0. The van der Waals surface area contributed by atoms with Gasteiger partial charge in [0.25, 0.3) is 0 Å². The third kappa shape index (κ3) is 4.01. The third-order valence-corrected chi connectivity index (χ3v) is 3.31. The average Bonchev–Trinajstić information content (AvgIpc) is 2.70. The molecule has 0 aliphatic rings. The standard InChI is InChI=1S/C14H25NO/c1-4-6-7-12(5-2)9-14(15)13-8-11(3)16-10-13/h8,10,12,14H,4-7,9,15H2,1-3H3. The molecule has 0 saturated heterocycles. The summed E-state index contributed by atoms with van der Waals surface area (Å²) in [6.45, 7) is 6.46. The van der Waals surface area contributed by atoms with Crippen LogP contribution in [0, 0.1) is 12.8 Å². The monoisotopic (exact) mass is 223 g/mol. The molecule has 0 amide bonds. The van der Waals surface area contributed by atoms with Crippen molar-refractivity contribution in [1.82, 2.24) is 0 Å². The van der Waals surface area contributed by atoms with Gasteiger partial charge in [-0.05, 0) is 25.3 Å². The summed E-state index contributed by atoms with van der Waals surface area (Å²) in [5.74, 6) is 1.71. The van der Waals surface area contributed by atoms with Crippen molar-refractivity contribution in [2.24, 2.45) is 11.7 Å². The highest BCUT2D eigenvalue weighted by atomic mass is 16.3. The number of hydrogen-bond donors (Lipinski definition) is 1. The van der Waals surface area contributed by atoms with Crippen LogP contribution < -0.4 is 5.73 Å². The molecule has 0 radical (unpaired) electrons. The van der Waals surface area contributed by atoms with Crippen molar-refractivity contribution in [2.45, 2.75) is 58.9 Å². The lowest BCUT2D eigenvalue weighted by Crippen LogP contribution is -2.14. The van der Waals surface area contributed by atoms with Crippen LogP contribution in [-0.2, 0) is 0 Å². The van der Waals surface area contributed by atoms with Crippen LogP contribution in [0.15, 0.2) is 16.7 Å². The van der Waals surface area contributed by atoms with Crippen LogP contribution in [0.1, 0.15) is 63.3 Å². The summed E-state index contributed by atoms with van der Waals surface area (Å²) in [4.78, 5) is 0. The van der Waals surface area contributed by atoms with Gasteiger partial charge in [-0.25, -0.2) is 0 Å². The van der Waals surface area contributed by atoms with E-state index in [0.29, 0.717) is 0 Å². The van der Waals surface area contributed by atoms with Gasteiger partial charge in [0.05, 0.1) is 6.26 Å². The lowest BCUT2D eigenvalue weighted by Gasteiger charge is -2.18. The quantitative estimate of drug-likeness (QED) is 0.752. The van der Waals surface area contributed by atoms with E-state index in [9.17, 15) is 0 Å². The summed E-state index contributed by atoms with van der Waals surface area (Å²) in [6.07, 6.45) is 8.00. The van der Waals surface area contributed by atoms with Gasteiger partial charge in [0.15, 0.2) is 0 Å². The molecule has 0 spiro atoms. The van der Waals surface area contributed by atoms with E-state index in [-0.39, 0.29) is 6.04 Å². The van der Waals surface area contributed by atoms with E-state index in [4.69, 9.17) is 10.2 Å². The highest BCUT2D eigenvalue weighted by Gasteiger charge is 2.14. The van der Waals surface area contributed by atoms with E-state index >= 15 is 0 Å². The van der Waals surface area contributed by atoms with Crippen LogP contribution in [0.25, 0.3) is 0 Å². The molecular weight excluding hydrogens is 198 g/mol. The molecule has 1 aromatic rings. The van der Waals surface area contributed by atoms with Crippen LogP contribution in [0.5, 0.6) is 0 Å². The summed E-state index contributed by atoms with van der Waals surface area (Å²) in [6, 6.07) is 2.19. The molecule has 0 fully saturated rings. The molecular formula is C14H25NO. The number of unbranched alkanes of at least 4 members (excludes halogenated alkanes) is 1. The number of hydrogen-bond acceptors (Lipinski definition) is 2. The fraction of sp³-hybridized carbons (Fsp3) is 0.714. The Labute approximate surface area is 99.2 Å². The Morgan fingerprint density at radius 3 is 2.62 bits per heavy atom. The fourth-order valence-electron chi connectivity index (χ4n) is 2.13. The maximum Gasteiger partial charge on any atom is 0.101 e. The summed E-state index contributed by atoms with van der Waals surface area (Å²) in [7, 11) is 0. The Hall–Kier alpha value is -0.760. The van der Waals surface area contributed by atoms with Gasteiger partial charge >= 0.3 is 0 Å². The van der Waals surface area contributed by atoms with Crippen LogP contribution in [0.2, 0.25) is 0 Å². The summed E-state index contributed by atoms with van der Waals surface area (Å²) in [5, 5.41) is 0. The van der Waals surface area contributed by atoms with E-state index < -0.39 is 0 Å². The van der Waals surface area contributed by atoms with Gasteiger partial charge in [0.1, 0.15) is 5.76 Å². The maximum atomic E-state index is 6.20. The highest BCUT2D eigenvalue weighted by Crippen LogP contribution is 2.25. The smallest absolute Gasteiger partial charge is 0.101 e. The van der Waals surface area contributed by atoms with E-state index in [1.807, 2.05) is 6.92 Å². The summed E-state index contributed by atoms with van der Waals surface area (Å²) >= 11 is 0. The molecule has 0 aliphatic carbocycles. The van der Waals surface area contributed by atoms with Crippen molar-refractivity contribution in [2.75, 3.05) is 0 Å². The van der Waals surface area contributed by atoms with Crippen molar-refractivity contribution in [1.29, 1.82) is 0 Å². The summed E-state index contributed by atoms with van der Waals surface area (Å²) < 4.78 is 5.30. The van der Waals surface area contributed by atoms with Gasteiger partial charge in [-0.3, -0.25) is 0 Å². The van der Waals surface area contributed by atoms with E-state index in [0.717, 1.165) is 23.7 Å². The van der Waals surface area contributed by atoms with Crippen molar-refractivity contribution in [3.63, 3.8) is 0 Å². The molecule has 2 N–H and O–H groups in total. The number of aryl methyl sites for hydroxylation is 1. The van der Waals surface area contributed by atoms with Gasteiger partial charge in [0, 0.05) is 11.6 Å². The molecule has 16 heavy (non-hydrogen) atoms. The number of furan rings is 1. The molecule has 2 nitrogen and oxygen atoms in total. The largest absolute Gasteiger partial charge is 0.469 e. The van der Waals surface area contributed by atoms with Gasteiger partial charge in [-0.2, -0.15) is 0 Å². The predicted molar refractivity (Wildman–Crippen MR) is 68.3 cm³/mol. The van der Waals surface area contributed by atoms with E-state index in [1.165, 1.54) is 25.7 Å². The number of nitrogens with two attached hydrogens (primary N) is 1. The zero-order valence-corrected chi connectivity index (χ0v) is 10.8. The first kappa shape index (κ1) is 13.3. The lowest BCUT2D eigenvalue weighted by atomic mass is 9.90. The minimum absolute atomic E-state index is 0.138. The zero-order chi connectivity index (χ0) is 12.0. The van der Waals surface area contributed by atoms with Gasteiger partial charge < -0.3 is 10.2 Å². The second kappa shape index (κ2) is 6.74. The molecule has 0 aromatic carbocycles. The Morgan fingerprint density at radius 1 is 1.38 bits per heavy atom. The highest BCUT2D eigenvalue weighted by molar-refractivity contribution is 5.15. The second-order valence-corrected chi connectivity index (χ2v) is 4.75. The Kier molecular flexibility index (Phi) is 5.61. The van der Waals surface area contributed by atoms with Crippen LogP contribution in [0.4, 0.5) is 0 Å². The topological polar surface area (TPSA) is 39.2 Å². The molecule has 1 aromatic heterocycles. The Morgan fingerprint density at radius 2 is 2.12 bits per heavy atom. The Bertz CT molecular complexity index is 293. The molecule has 2 heteroatoms. The first-order valence-electron chi connectivity index (χ1n) is 6.48. The summed E-state index contributed by atoms with van der Waals surface area (Å²) in [5.41, 5.74) is 7.34. The number of rotatable bonds is 7. The SMILES string of the molecule is CCCCC(CC)CC(N)c1coc(C)c1. The van der Waals surface area contributed by atoms with Gasteiger partial charge in [0.2, 0.25) is 0 Å². The fourth-order valence-corrected chi connectivity index (χ4v) is 2.13. The van der Waals surface area contributed by atoms with Crippen LogP contribution in [-0.4, -0.2) is 0 Å². The van der Waals surface area contributed by atoms with Crippen molar-refractivity contribution >= 4 is 0 Å². The minimum Gasteiger partial charge on any atom is -0.469 e. The first-order chi connectivity index (χ1) is 7.67. The molecule has 2 atom stereocenters. The van der Waals surface area contributed by atoms with Crippen molar-refractivity contribution in [3.8, 4) is 0 Å². The predicted octanol–water partition coefficient (Wildman–Crippen LogP) is 4.19. The van der Waals surface area contributed by atoms with Gasteiger partial charge in [-0.15, -0.1) is 0 Å². The molecule has 0 bridgehead atoms. The average molecular weight is 223 g/mol. The van der Waals surface area contributed by atoms with Crippen LogP contribution >= 0.6 is 0 Å². The molecule has 92 valence electrons. The lowest BCUT2D eigenvalue weighted by molar-refractivity contribution is 0.387. The first-order valence-corrected chi connectivity index (χ1v) is 6.48. The third-order valence-electron chi connectivity index (χ3n) is 3.31. The Balaban J connectivity index is 2.45. The molecule has 1 heterocycles. The van der Waals surface area contributed by atoms with Crippen molar-refractivity contribution in [3.05, 3.63) is 23.7 Å². The van der Waals surface area contributed by atoms with Gasteiger partial charge in [-0.1, -0.05) is 39.5 Å². The zero-order valence-electron chi connectivity index (χ0n) is 10.8. The molecule has 2 unspecified atom stereocenters. The molecule has 0 saturated carbocycles. The molecule has 0 aliphatic heterocycles. The van der Waals surface area contributed by atoms with E-state index in [2.05, 4.69) is 19.9 Å².